The second-order valence-electron chi connectivity index (χ2n) is 4.06. The van der Waals surface area contributed by atoms with Crippen LogP contribution in [0.4, 0.5) is 9.52 Å². The Bertz CT molecular complexity index is 652. The van der Waals surface area contributed by atoms with Crippen LogP contribution in [0.3, 0.4) is 0 Å². The van der Waals surface area contributed by atoms with Gasteiger partial charge in [0.25, 0.3) is 5.91 Å². The molecule has 0 saturated heterocycles. The predicted octanol–water partition coefficient (Wildman–Crippen LogP) is 2.47. The average Bonchev–Trinajstić information content (AvgIpc) is 2.69. The zero-order valence-corrected chi connectivity index (χ0v) is 11.3. The number of nitrogens with one attached hydrogen (secondary N) is 1. The maximum atomic E-state index is 12.8. The van der Waals surface area contributed by atoms with Crippen LogP contribution in [-0.4, -0.2) is 22.0 Å². The van der Waals surface area contributed by atoms with Crippen molar-refractivity contribution in [1.82, 2.24) is 4.98 Å². The van der Waals surface area contributed by atoms with Gasteiger partial charge in [0.2, 0.25) is 0 Å². The van der Waals surface area contributed by atoms with Crippen molar-refractivity contribution in [1.29, 1.82) is 0 Å². The summed E-state index contributed by atoms with van der Waals surface area (Å²) in [5, 5.41) is 11.6. The van der Waals surface area contributed by atoms with Crippen molar-refractivity contribution in [3.8, 4) is 0 Å². The molecule has 7 heteroatoms. The highest BCUT2D eigenvalue weighted by atomic mass is 32.1. The number of aryl methyl sites for hydroxylation is 1. The van der Waals surface area contributed by atoms with Crippen molar-refractivity contribution in [3.05, 3.63) is 46.2 Å². The first-order valence-electron chi connectivity index (χ1n) is 5.70. The molecule has 0 fully saturated rings. The molecule has 2 N–H and O–H groups in total. The Hall–Kier alpha value is -2.28. The number of amides is 1. The minimum absolute atomic E-state index is 0.129. The van der Waals surface area contributed by atoms with Crippen LogP contribution in [0.5, 0.6) is 0 Å². The number of hydrogen-bond donors (Lipinski definition) is 2. The van der Waals surface area contributed by atoms with Gasteiger partial charge in [0.05, 0.1) is 12.1 Å². The van der Waals surface area contributed by atoms with E-state index in [2.05, 4.69) is 10.3 Å². The molecule has 1 heterocycles. The van der Waals surface area contributed by atoms with E-state index in [0.717, 1.165) is 11.3 Å². The van der Waals surface area contributed by atoms with Gasteiger partial charge >= 0.3 is 5.97 Å². The van der Waals surface area contributed by atoms with E-state index in [9.17, 15) is 14.0 Å². The van der Waals surface area contributed by atoms with Gasteiger partial charge in [-0.2, -0.15) is 0 Å². The van der Waals surface area contributed by atoms with Crippen LogP contribution in [0.15, 0.2) is 24.3 Å². The molecule has 0 aliphatic rings. The summed E-state index contributed by atoms with van der Waals surface area (Å²) in [4.78, 5) is 27.2. The minimum atomic E-state index is -0.951. The quantitative estimate of drug-likeness (QED) is 0.908. The number of aliphatic carboxylic acids is 1. The van der Waals surface area contributed by atoms with Gasteiger partial charge in [-0.05, 0) is 31.2 Å². The summed E-state index contributed by atoms with van der Waals surface area (Å²) in [5.74, 6) is -1.79. The lowest BCUT2D eigenvalue weighted by Gasteiger charge is -2.00. The first-order chi connectivity index (χ1) is 9.45. The second kappa shape index (κ2) is 5.79. The third-order valence-corrected chi connectivity index (χ3v) is 3.60. The number of carbonyl (C=O) groups is 2. The maximum Gasteiger partial charge on any atom is 0.308 e. The van der Waals surface area contributed by atoms with Crippen LogP contribution in [0.1, 0.15) is 20.9 Å². The van der Waals surface area contributed by atoms with Crippen molar-refractivity contribution >= 4 is 28.3 Å². The van der Waals surface area contributed by atoms with Crippen LogP contribution in [0.2, 0.25) is 0 Å². The molecule has 0 bridgehead atoms. The Labute approximate surface area is 118 Å². The summed E-state index contributed by atoms with van der Waals surface area (Å²) in [6, 6.07) is 5.11. The van der Waals surface area contributed by atoms with E-state index < -0.39 is 17.7 Å². The van der Waals surface area contributed by atoms with Gasteiger partial charge < -0.3 is 5.11 Å². The number of carbonyl (C=O) groups excluding carboxylic acids is 1. The Kier molecular flexibility index (Phi) is 4.09. The molecular formula is C13H11FN2O3S. The second-order valence-corrected chi connectivity index (χ2v) is 5.14. The highest BCUT2D eigenvalue weighted by Crippen LogP contribution is 2.23. The minimum Gasteiger partial charge on any atom is -0.481 e. The number of carboxylic acid groups (broad SMARTS) is 1. The summed E-state index contributed by atoms with van der Waals surface area (Å²) in [7, 11) is 0. The highest BCUT2D eigenvalue weighted by Gasteiger charge is 2.13. The molecule has 5 nitrogen and oxygen atoms in total. The SMILES string of the molecule is Cc1nc(NC(=O)c2ccc(F)cc2)sc1CC(=O)O. The number of benzene rings is 1. The third-order valence-electron chi connectivity index (χ3n) is 2.53. The number of halogens is 1. The molecule has 0 atom stereocenters. The fourth-order valence-electron chi connectivity index (χ4n) is 1.55. The number of carboxylic acids is 1. The molecule has 0 aliphatic carbocycles. The molecule has 0 aliphatic heterocycles. The Morgan fingerprint density at radius 1 is 1.35 bits per heavy atom. The van der Waals surface area contributed by atoms with Crippen LogP contribution >= 0.6 is 11.3 Å². The smallest absolute Gasteiger partial charge is 0.308 e. The van der Waals surface area contributed by atoms with Gasteiger partial charge in [-0.15, -0.1) is 11.3 Å². The zero-order valence-electron chi connectivity index (χ0n) is 10.5. The molecule has 0 spiro atoms. The van der Waals surface area contributed by atoms with Gasteiger partial charge in [0, 0.05) is 10.4 Å². The van der Waals surface area contributed by atoms with E-state index in [-0.39, 0.29) is 6.42 Å². The summed E-state index contributed by atoms with van der Waals surface area (Å²) in [6.45, 7) is 1.68. The lowest BCUT2D eigenvalue weighted by Crippen LogP contribution is -2.11. The Morgan fingerprint density at radius 3 is 2.60 bits per heavy atom. The lowest BCUT2D eigenvalue weighted by atomic mass is 10.2. The van der Waals surface area contributed by atoms with Gasteiger partial charge in [-0.1, -0.05) is 0 Å². The number of thiazole rings is 1. The van der Waals surface area contributed by atoms with Crippen molar-refractivity contribution < 1.29 is 19.1 Å². The third kappa shape index (κ3) is 3.39. The first-order valence-corrected chi connectivity index (χ1v) is 6.52. The molecule has 104 valence electrons. The van der Waals surface area contributed by atoms with E-state index in [1.165, 1.54) is 24.3 Å². The van der Waals surface area contributed by atoms with Gasteiger partial charge in [-0.3, -0.25) is 14.9 Å². The van der Waals surface area contributed by atoms with Crippen molar-refractivity contribution in [2.45, 2.75) is 13.3 Å². The summed E-state index contributed by atoms with van der Waals surface area (Å²) in [6.07, 6.45) is -0.129. The normalized spacial score (nSPS) is 10.3. The fourth-order valence-corrected chi connectivity index (χ4v) is 2.50. The number of hydrogen-bond acceptors (Lipinski definition) is 4. The molecule has 2 rings (SSSR count). The molecule has 1 aromatic carbocycles. The average molecular weight is 294 g/mol. The summed E-state index contributed by atoms with van der Waals surface area (Å²) >= 11 is 1.12. The molecule has 1 aromatic heterocycles. The number of rotatable bonds is 4. The Morgan fingerprint density at radius 2 is 2.00 bits per heavy atom. The summed E-state index contributed by atoms with van der Waals surface area (Å²) < 4.78 is 12.8. The van der Waals surface area contributed by atoms with Crippen LogP contribution in [0.25, 0.3) is 0 Å². The Balaban J connectivity index is 2.12. The zero-order chi connectivity index (χ0) is 14.7. The number of anilines is 1. The van der Waals surface area contributed by atoms with E-state index in [1.807, 2.05) is 0 Å². The highest BCUT2D eigenvalue weighted by molar-refractivity contribution is 7.16. The largest absolute Gasteiger partial charge is 0.481 e. The molecule has 0 radical (unpaired) electrons. The fraction of sp³-hybridized carbons (Fsp3) is 0.154. The van der Waals surface area contributed by atoms with Crippen molar-refractivity contribution in [3.63, 3.8) is 0 Å². The molecule has 0 unspecified atom stereocenters. The van der Waals surface area contributed by atoms with E-state index in [1.54, 1.807) is 6.92 Å². The van der Waals surface area contributed by atoms with Gasteiger partial charge in [0.15, 0.2) is 5.13 Å². The standard InChI is InChI=1S/C13H11FN2O3S/c1-7-10(6-11(17)18)20-13(15-7)16-12(19)8-2-4-9(14)5-3-8/h2-5H,6H2,1H3,(H,17,18)(H,15,16,19). The first kappa shape index (κ1) is 14.1. The van der Waals surface area contributed by atoms with Crippen molar-refractivity contribution in [2.75, 3.05) is 5.32 Å². The molecular weight excluding hydrogens is 283 g/mol. The van der Waals surface area contributed by atoms with Crippen LogP contribution in [-0.2, 0) is 11.2 Å². The van der Waals surface area contributed by atoms with Crippen LogP contribution in [0, 0.1) is 12.7 Å². The van der Waals surface area contributed by atoms with E-state index >= 15 is 0 Å². The molecule has 1 amide bonds. The molecule has 20 heavy (non-hydrogen) atoms. The lowest BCUT2D eigenvalue weighted by molar-refractivity contribution is -0.136. The topological polar surface area (TPSA) is 79.3 Å². The monoisotopic (exact) mass is 294 g/mol. The van der Waals surface area contributed by atoms with Crippen molar-refractivity contribution in [2.24, 2.45) is 0 Å². The van der Waals surface area contributed by atoms with E-state index in [0.29, 0.717) is 21.3 Å². The van der Waals surface area contributed by atoms with Crippen LogP contribution < -0.4 is 5.32 Å². The predicted molar refractivity (Wildman–Crippen MR) is 72.5 cm³/mol. The molecule has 0 saturated carbocycles. The number of aromatic nitrogens is 1. The maximum absolute atomic E-state index is 12.8. The molecule has 2 aromatic rings. The number of nitrogens with zero attached hydrogens (tertiary/aromatic N) is 1. The summed E-state index contributed by atoms with van der Waals surface area (Å²) in [5.41, 5.74) is 0.880. The van der Waals surface area contributed by atoms with E-state index in [4.69, 9.17) is 5.11 Å². The van der Waals surface area contributed by atoms with Gasteiger partial charge in [0.1, 0.15) is 5.82 Å². The van der Waals surface area contributed by atoms with Gasteiger partial charge in [-0.25, -0.2) is 9.37 Å².